The smallest absolute Gasteiger partial charge is 0.407 e. The minimum absolute atomic E-state index is 0.116. The highest BCUT2D eigenvalue weighted by Crippen LogP contribution is 2.36. The van der Waals surface area contributed by atoms with Gasteiger partial charge in [-0.25, -0.2) is 17.9 Å². The van der Waals surface area contributed by atoms with Crippen LogP contribution in [0.25, 0.3) is 0 Å². The SMILES string of the molecule is CC(=O)Nc1ccccc1S(=O)(=O)NC[C@H](O)C(NC(=O)O[C@H]1CCOC1)C(CC1CCCCC1)c1ccccc1. The minimum Gasteiger partial charge on any atom is -0.444 e. The number of aliphatic hydroxyl groups is 1. The number of ether oxygens (including phenoxy) is 2. The summed E-state index contributed by atoms with van der Waals surface area (Å²) in [6.07, 6.45) is 4.64. The van der Waals surface area contributed by atoms with E-state index in [-0.39, 0.29) is 29.1 Å². The van der Waals surface area contributed by atoms with Crippen molar-refractivity contribution in [3.63, 3.8) is 0 Å². The predicted octanol–water partition coefficient (Wildman–Crippen LogP) is 3.92. The largest absolute Gasteiger partial charge is 0.444 e. The molecule has 2 amide bonds. The molecule has 1 saturated carbocycles. The van der Waals surface area contributed by atoms with Gasteiger partial charge in [0.25, 0.3) is 0 Å². The number of rotatable bonds is 12. The molecule has 1 saturated heterocycles. The lowest BCUT2D eigenvalue weighted by molar-refractivity contribution is -0.114. The number of aliphatic hydroxyl groups excluding tert-OH is 1. The molecule has 2 aliphatic rings. The lowest BCUT2D eigenvalue weighted by Gasteiger charge is -2.35. The summed E-state index contributed by atoms with van der Waals surface area (Å²) in [5, 5.41) is 16.9. The molecule has 1 aliphatic heterocycles. The summed E-state index contributed by atoms with van der Waals surface area (Å²) in [6.45, 7) is 1.77. The van der Waals surface area contributed by atoms with Gasteiger partial charge in [-0.2, -0.15) is 0 Å². The Kier molecular flexibility index (Phi) is 11.1. The van der Waals surface area contributed by atoms with E-state index in [1.165, 1.54) is 25.5 Å². The Morgan fingerprint density at radius 1 is 1.02 bits per heavy atom. The van der Waals surface area contributed by atoms with Crippen LogP contribution in [0.4, 0.5) is 10.5 Å². The van der Waals surface area contributed by atoms with E-state index < -0.39 is 34.2 Å². The van der Waals surface area contributed by atoms with Gasteiger partial charge in [-0.1, -0.05) is 74.6 Å². The van der Waals surface area contributed by atoms with Gasteiger partial charge < -0.3 is 25.2 Å². The number of nitrogens with one attached hydrogen (secondary N) is 3. The number of carbonyl (C=O) groups excluding carboxylic acids is 2. The van der Waals surface area contributed by atoms with Crippen LogP contribution < -0.4 is 15.4 Å². The summed E-state index contributed by atoms with van der Waals surface area (Å²) >= 11 is 0. The molecular formula is C30H41N3O7S. The van der Waals surface area contributed by atoms with Gasteiger partial charge in [0, 0.05) is 25.8 Å². The number of para-hydroxylation sites is 1. The van der Waals surface area contributed by atoms with Gasteiger partial charge in [0.05, 0.1) is 31.0 Å². The van der Waals surface area contributed by atoms with Crippen molar-refractivity contribution in [3.05, 3.63) is 60.2 Å². The van der Waals surface area contributed by atoms with E-state index in [0.29, 0.717) is 25.6 Å². The Morgan fingerprint density at radius 2 is 1.73 bits per heavy atom. The van der Waals surface area contributed by atoms with Gasteiger partial charge >= 0.3 is 6.09 Å². The Hall–Kier alpha value is -2.99. The zero-order valence-electron chi connectivity index (χ0n) is 23.5. The van der Waals surface area contributed by atoms with Gasteiger partial charge in [-0.15, -0.1) is 0 Å². The third-order valence-electron chi connectivity index (χ3n) is 7.80. The normalized spacial score (nSPS) is 20.1. The number of sulfonamides is 1. The molecule has 2 fully saturated rings. The average Bonchev–Trinajstić information content (AvgIpc) is 3.47. The fourth-order valence-corrected chi connectivity index (χ4v) is 6.97. The molecule has 0 radical (unpaired) electrons. The summed E-state index contributed by atoms with van der Waals surface area (Å²) < 4.78 is 39.9. The topological polar surface area (TPSA) is 143 Å². The standard InChI is InChI=1S/C30H41N3O7S/c1-21(34)32-26-14-8-9-15-28(26)41(37,38)31-19-27(35)29(33-30(36)40-24-16-17-39-20-24)25(23-12-6-3-7-13-23)18-22-10-4-2-5-11-22/h3,6-9,12-15,22,24-25,27,29,31,35H,2,4-5,10-11,16-20H2,1H3,(H,32,34)(H,33,36)/t24-,25?,27-,29?/m0/s1. The second kappa shape index (κ2) is 14.8. The summed E-state index contributed by atoms with van der Waals surface area (Å²) in [6, 6.07) is 14.9. The van der Waals surface area contributed by atoms with Crippen LogP contribution in [0.15, 0.2) is 59.5 Å². The molecule has 4 rings (SSSR count). The second-order valence-electron chi connectivity index (χ2n) is 10.9. The Morgan fingerprint density at radius 3 is 2.41 bits per heavy atom. The first-order chi connectivity index (χ1) is 19.7. The number of hydrogen-bond donors (Lipinski definition) is 4. The van der Waals surface area contributed by atoms with Gasteiger partial charge in [0.2, 0.25) is 15.9 Å². The van der Waals surface area contributed by atoms with Crippen molar-refractivity contribution < 1.29 is 32.6 Å². The molecule has 224 valence electrons. The molecule has 2 aromatic rings. The third-order valence-corrected chi connectivity index (χ3v) is 9.29. The van der Waals surface area contributed by atoms with Gasteiger partial charge in [0.15, 0.2) is 0 Å². The monoisotopic (exact) mass is 587 g/mol. The summed E-state index contributed by atoms with van der Waals surface area (Å²) in [4.78, 5) is 24.5. The van der Waals surface area contributed by atoms with Gasteiger partial charge in [-0.3, -0.25) is 4.79 Å². The van der Waals surface area contributed by atoms with E-state index in [4.69, 9.17) is 9.47 Å². The third kappa shape index (κ3) is 9.00. The lowest BCUT2D eigenvalue weighted by Crippen LogP contribution is -2.52. The highest BCUT2D eigenvalue weighted by molar-refractivity contribution is 7.89. The Labute approximate surface area is 242 Å². The number of benzene rings is 2. The summed E-state index contributed by atoms with van der Waals surface area (Å²) in [5.41, 5.74) is 1.09. The molecule has 0 spiro atoms. The quantitative estimate of drug-likeness (QED) is 0.295. The van der Waals surface area contributed by atoms with E-state index >= 15 is 0 Å². The maximum absolute atomic E-state index is 13.3. The van der Waals surface area contributed by atoms with Crippen LogP contribution in [0.1, 0.15) is 63.4 Å². The highest BCUT2D eigenvalue weighted by atomic mass is 32.2. The fourth-order valence-electron chi connectivity index (χ4n) is 5.76. The van der Waals surface area contributed by atoms with E-state index in [9.17, 15) is 23.1 Å². The fraction of sp³-hybridized carbons (Fsp3) is 0.533. The molecular weight excluding hydrogens is 546 g/mol. The first-order valence-corrected chi connectivity index (χ1v) is 15.9. The van der Waals surface area contributed by atoms with E-state index in [1.54, 1.807) is 12.1 Å². The van der Waals surface area contributed by atoms with Crippen LogP contribution in [-0.4, -0.2) is 63.5 Å². The van der Waals surface area contributed by atoms with Crippen LogP contribution in [0, 0.1) is 5.92 Å². The second-order valence-corrected chi connectivity index (χ2v) is 12.6. The molecule has 4 atom stereocenters. The van der Waals surface area contributed by atoms with Crippen LogP contribution >= 0.6 is 0 Å². The molecule has 0 bridgehead atoms. The first kappa shape index (κ1) is 31.0. The van der Waals surface area contributed by atoms with Crippen molar-refractivity contribution in [1.82, 2.24) is 10.0 Å². The van der Waals surface area contributed by atoms with E-state index in [1.807, 2.05) is 30.3 Å². The zero-order chi connectivity index (χ0) is 29.2. The number of alkyl carbamates (subject to hydrolysis) is 1. The van der Waals surface area contributed by atoms with Crippen molar-refractivity contribution >= 4 is 27.7 Å². The summed E-state index contributed by atoms with van der Waals surface area (Å²) in [5.74, 6) is -0.264. The van der Waals surface area contributed by atoms with Crippen molar-refractivity contribution in [2.24, 2.45) is 5.92 Å². The highest BCUT2D eigenvalue weighted by Gasteiger charge is 2.35. The molecule has 41 heavy (non-hydrogen) atoms. The number of carbonyl (C=O) groups is 2. The molecule has 2 unspecified atom stereocenters. The molecule has 11 heteroatoms. The van der Waals surface area contributed by atoms with E-state index in [0.717, 1.165) is 37.7 Å². The van der Waals surface area contributed by atoms with Crippen molar-refractivity contribution in [2.75, 3.05) is 25.1 Å². The summed E-state index contributed by atoms with van der Waals surface area (Å²) in [7, 11) is -4.11. The zero-order valence-corrected chi connectivity index (χ0v) is 24.3. The maximum Gasteiger partial charge on any atom is 0.407 e. The molecule has 2 aromatic carbocycles. The molecule has 1 heterocycles. The molecule has 0 aromatic heterocycles. The van der Waals surface area contributed by atoms with Crippen molar-refractivity contribution in [1.29, 1.82) is 0 Å². The van der Waals surface area contributed by atoms with Crippen molar-refractivity contribution in [3.8, 4) is 0 Å². The van der Waals surface area contributed by atoms with E-state index in [2.05, 4.69) is 15.4 Å². The van der Waals surface area contributed by atoms with Crippen molar-refractivity contribution in [2.45, 2.75) is 80.9 Å². The number of hydrogen-bond acceptors (Lipinski definition) is 7. The minimum atomic E-state index is -4.11. The average molecular weight is 588 g/mol. The predicted molar refractivity (Wildman–Crippen MR) is 155 cm³/mol. The first-order valence-electron chi connectivity index (χ1n) is 14.4. The molecule has 10 nitrogen and oxygen atoms in total. The number of anilines is 1. The lowest BCUT2D eigenvalue weighted by atomic mass is 9.76. The number of amides is 2. The van der Waals surface area contributed by atoms with Crippen LogP contribution in [0.5, 0.6) is 0 Å². The van der Waals surface area contributed by atoms with Crippen LogP contribution in [-0.2, 0) is 24.3 Å². The van der Waals surface area contributed by atoms with Crippen LogP contribution in [0.2, 0.25) is 0 Å². The van der Waals surface area contributed by atoms with Gasteiger partial charge in [0.1, 0.15) is 11.0 Å². The van der Waals surface area contributed by atoms with Gasteiger partial charge in [-0.05, 0) is 30.0 Å². The maximum atomic E-state index is 13.3. The molecule has 4 N–H and O–H groups in total. The Bertz CT molecular complexity index is 1250. The molecule has 1 aliphatic carbocycles. The Balaban J connectivity index is 1.57. The van der Waals surface area contributed by atoms with Crippen LogP contribution in [0.3, 0.4) is 0 Å².